The van der Waals surface area contributed by atoms with Crippen molar-refractivity contribution < 1.29 is 4.79 Å². The Morgan fingerprint density at radius 1 is 1.53 bits per heavy atom. The molecule has 0 aliphatic heterocycles. The topological polar surface area (TPSA) is 85.8 Å². The Morgan fingerprint density at radius 3 is 3.00 bits per heavy atom. The number of nitrogens with two attached hydrogens (primary N) is 1. The molecule has 0 aromatic carbocycles. The van der Waals surface area contributed by atoms with E-state index in [9.17, 15) is 4.79 Å². The zero-order chi connectivity index (χ0) is 12.3. The number of pyridine rings is 1. The highest BCUT2D eigenvalue weighted by atomic mass is 16.1. The van der Waals surface area contributed by atoms with E-state index in [1.165, 1.54) is 0 Å². The van der Waals surface area contributed by atoms with Gasteiger partial charge in [0, 0.05) is 18.9 Å². The maximum Gasteiger partial charge on any atom is 0.269 e. The molecule has 0 spiro atoms. The maximum absolute atomic E-state index is 10.9. The van der Waals surface area contributed by atoms with E-state index in [0.29, 0.717) is 0 Å². The zero-order valence-electron chi connectivity index (χ0n) is 9.42. The summed E-state index contributed by atoms with van der Waals surface area (Å²) in [6.45, 7) is 0.727. The maximum atomic E-state index is 10.9. The van der Waals surface area contributed by atoms with Crippen molar-refractivity contribution >= 4 is 5.91 Å². The van der Waals surface area contributed by atoms with Gasteiger partial charge in [-0.2, -0.15) is 5.10 Å². The standard InChI is InChI=1S/C11H13N5O/c1-13-5-8-4-9(7-14-6-8)16-3-2-10(15-16)11(12)17/h2-4,6-7,13H,5H2,1H3,(H2,12,17). The van der Waals surface area contributed by atoms with Crippen LogP contribution < -0.4 is 11.1 Å². The minimum Gasteiger partial charge on any atom is -0.364 e. The molecule has 0 atom stereocenters. The van der Waals surface area contributed by atoms with Crippen molar-refractivity contribution in [2.75, 3.05) is 7.05 Å². The normalized spacial score (nSPS) is 10.4. The first-order valence-corrected chi connectivity index (χ1v) is 5.15. The molecule has 2 rings (SSSR count). The highest BCUT2D eigenvalue weighted by molar-refractivity contribution is 5.90. The number of amides is 1. The van der Waals surface area contributed by atoms with Gasteiger partial charge in [-0.25, -0.2) is 4.68 Å². The monoisotopic (exact) mass is 231 g/mol. The van der Waals surface area contributed by atoms with Crippen LogP contribution in [0.15, 0.2) is 30.7 Å². The van der Waals surface area contributed by atoms with Gasteiger partial charge in [-0.3, -0.25) is 9.78 Å². The average molecular weight is 231 g/mol. The lowest BCUT2D eigenvalue weighted by atomic mass is 10.2. The summed E-state index contributed by atoms with van der Waals surface area (Å²) in [4.78, 5) is 15.1. The Bertz CT molecular complexity index is 534. The molecule has 6 heteroatoms. The van der Waals surface area contributed by atoms with Gasteiger partial charge in [0.15, 0.2) is 0 Å². The fourth-order valence-electron chi connectivity index (χ4n) is 1.50. The molecule has 0 saturated carbocycles. The van der Waals surface area contributed by atoms with Crippen molar-refractivity contribution in [1.29, 1.82) is 0 Å². The fraction of sp³-hybridized carbons (Fsp3) is 0.182. The van der Waals surface area contributed by atoms with Crippen LogP contribution in [0.3, 0.4) is 0 Å². The van der Waals surface area contributed by atoms with E-state index in [1.807, 2.05) is 13.1 Å². The van der Waals surface area contributed by atoms with Crippen molar-refractivity contribution in [3.63, 3.8) is 0 Å². The van der Waals surface area contributed by atoms with Crippen LogP contribution in [0.5, 0.6) is 0 Å². The second-order valence-electron chi connectivity index (χ2n) is 3.59. The molecular weight excluding hydrogens is 218 g/mol. The lowest BCUT2D eigenvalue weighted by molar-refractivity contribution is 0.0995. The summed E-state index contributed by atoms with van der Waals surface area (Å²) in [6.07, 6.45) is 5.13. The zero-order valence-corrected chi connectivity index (χ0v) is 9.42. The Morgan fingerprint density at radius 2 is 2.35 bits per heavy atom. The molecule has 88 valence electrons. The van der Waals surface area contributed by atoms with Crippen molar-refractivity contribution in [1.82, 2.24) is 20.1 Å². The van der Waals surface area contributed by atoms with Gasteiger partial charge in [0.25, 0.3) is 5.91 Å². The molecule has 2 aromatic heterocycles. The van der Waals surface area contributed by atoms with Gasteiger partial charge < -0.3 is 11.1 Å². The Kier molecular flexibility index (Phi) is 3.15. The third-order valence-electron chi connectivity index (χ3n) is 2.27. The van der Waals surface area contributed by atoms with Crippen LogP contribution in [0.2, 0.25) is 0 Å². The summed E-state index contributed by atoms with van der Waals surface area (Å²) in [5.41, 5.74) is 7.22. The van der Waals surface area contributed by atoms with Crippen LogP contribution >= 0.6 is 0 Å². The third kappa shape index (κ3) is 2.48. The van der Waals surface area contributed by atoms with E-state index < -0.39 is 5.91 Å². The SMILES string of the molecule is CNCc1cncc(-n2ccc(C(N)=O)n2)c1. The molecule has 0 bridgehead atoms. The minimum atomic E-state index is -0.539. The highest BCUT2D eigenvalue weighted by Crippen LogP contribution is 2.08. The van der Waals surface area contributed by atoms with Crippen molar-refractivity contribution in [2.45, 2.75) is 6.54 Å². The summed E-state index contributed by atoms with van der Waals surface area (Å²) in [5.74, 6) is -0.539. The van der Waals surface area contributed by atoms with Gasteiger partial charge in [-0.1, -0.05) is 0 Å². The minimum absolute atomic E-state index is 0.240. The predicted octanol–water partition coefficient (Wildman–Crippen LogP) is 0.0856. The van der Waals surface area contributed by atoms with E-state index in [0.717, 1.165) is 17.8 Å². The Labute approximate surface area is 98.5 Å². The number of nitrogens with zero attached hydrogens (tertiary/aromatic N) is 3. The largest absolute Gasteiger partial charge is 0.364 e. The van der Waals surface area contributed by atoms with Crippen LogP contribution in [-0.4, -0.2) is 27.7 Å². The smallest absolute Gasteiger partial charge is 0.269 e. The van der Waals surface area contributed by atoms with Gasteiger partial charge in [-0.15, -0.1) is 0 Å². The van der Waals surface area contributed by atoms with E-state index in [4.69, 9.17) is 5.73 Å². The molecular formula is C11H13N5O. The van der Waals surface area contributed by atoms with Crippen LogP contribution in [-0.2, 0) is 6.54 Å². The number of nitrogens with one attached hydrogen (secondary N) is 1. The van der Waals surface area contributed by atoms with Crippen LogP contribution in [0.25, 0.3) is 5.69 Å². The molecule has 1 amide bonds. The molecule has 2 aromatic rings. The summed E-state index contributed by atoms with van der Waals surface area (Å²) in [7, 11) is 1.87. The Hall–Kier alpha value is -2.21. The molecule has 0 fully saturated rings. The molecule has 0 radical (unpaired) electrons. The van der Waals surface area contributed by atoms with Crippen LogP contribution in [0.4, 0.5) is 0 Å². The average Bonchev–Trinajstić information content (AvgIpc) is 2.79. The highest BCUT2D eigenvalue weighted by Gasteiger charge is 2.06. The molecule has 0 unspecified atom stereocenters. The quantitative estimate of drug-likeness (QED) is 0.780. The fourth-order valence-corrected chi connectivity index (χ4v) is 1.50. The van der Waals surface area contributed by atoms with Gasteiger partial charge in [0.2, 0.25) is 0 Å². The molecule has 0 aliphatic rings. The molecule has 0 aliphatic carbocycles. The van der Waals surface area contributed by atoms with Gasteiger partial charge in [0.05, 0.1) is 11.9 Å². The molecule has 2 heterocycles. The van der Waals surface area contributed by atoms with Gasteiger partial charge >= 0.3 is 0 Å². The van der Waals surface area contributed by atoms with E-state index in [1.54, 1.807) is 29.3 Å². The van der Waals surface area contributed by atoms with Crippen LogP contribution in [0.1, 0.15) is 16.1 Å². The van der Waals surface area contributed by atoms with Crippen molar-refractivity contribution in [3.8, 4) is 5.69 Å². The lowest BCUT2D eigenvalue weighted by Crippen LogP contribution is -2.12. The van der Waals surface area contributed by atoms with Gasteiger partial charge in [-0.05, 0) is 24.7 Å². The van der Waals surface area contributed by atoms with E-state index >= 15 is 0 Å². The van der Waals surface area contributed by atoms with E-state index in [2.05, 4.69) is 15.4 Å². The van der Waals surface area contributed by atoms with Crippen molar-refractivity contribution in [2.24, 2.45) is 5.73 Å². The Balaban J connectivity index is 2.31. The van der Waals surface area contributed by atoms with Gasteiger partial charge in [0.1, 0.15) is 5.69 Å². The number of rotatable bonds is 4. The lowest BCUT2D eigenvalue weighted by Gasteiger charge is -2.03. The molecule has 3 N–H and O–H groups in total. The second-order valence-corrected chi connectivity index (χ2v) is 3.59. The summed E-state index contributed by atoms with van der Waals surface area (Å²) in [6, 6.07) is 3.52. The molecule has 0 saturated heterocycles. The number of hydrogen-bond acceptors (Lipinski definition) is 4. The number of carbonyl (C=O) groups excluding carboxylic acids is 1. The number of carbonyl (C=O) groups is 1. The molecule has 17 heavy (non-hydrogen) atoms. The number of primary amides is 1. The molecule has 6 nitrogen and oxygen atoms in total. The third-order valence-corrected chi connectivity index (χ3v) is 2.27. The summed E-state index contributed by atoms with van der Waals surface area (Å²) in [5, 5.41) is 7.11. The first-order valence-electron chi connectivity index (χ1n) is 5.15. The summed E-state index contributed by atoms with van der Waals surface area (Å²) < 4.78 is 1.58. The first-order chi connectivity index (χ1) is 8.20. The number of aromatic nitrogens is 3. The van der Waals surface area contributed by atoms with Crippen LogP contribution in [0, 0.1) is 0 Å². The first kappa shape index (κ1) is 11.3. The summed E-state index contributed by atoms with van der Waals surface area (Å²) >= 11 is 0. The second kappa shape index (κ2) is 4.75. The van der Waals surface area contributed by atoms with Crippen molar-refractivity contribution in [3.05, 3.63) is 42.0 Å². The van der Waals surface area contributed by atoms with E-state index in [-0.39, 0.29) is 5.69 Å². The number of hydrogen-bond donors (Lipinski definition) is 2. The predicted molar refractivity (Wildman–Crippen MR) is 62.6 cm³/mol.